The number of hydrogen-bond acceptors (Lipinski definition) is 4. The van der Waals surface area contributed by atoms with Crippen molar-refractivity contribution in [2.24, 2.45) is 0 Å². The third-order valence-corrected chi connectivity index (χ3v) is 4.57. The molecule has 1 aliphatic heterocycles. The molecule has 1 fully saturated rings. The summed E-state index contributed by atoms with van der Waals surface area (Å²) in [6.45, 7) is 4.94. The standard InChI is InChI=1S/C19H21N3O3/c1-12-20-17(14-5-7-15(8-6-14)19(24)25)10-18(21-12)16-4-3-9-22(11-16)13(2)23/h5-8,10,16H,3-4,9,11H2,1-2H3,(H,24,25)/t16-/m1/s1. The summed E-state index contributed by atoms with van der Waals surface area (Å²) in [6.07, 6.45) is 1.97. The molecule has 0 bridgehead atoms. The number of carbonyl (C=O) groups is 2. The Bertz CT molecular complexity index is 802. The molecule has 1 N–H and O–H groups in total. The first-order valence-corrected chi connectivity index (χ1v) is 8.39. The van der Waals surface area contributed by atoms with Crippen LogP contribution in [0.4, 0.5) is 0 Å². The molecule has 0 unspecified atom stereocenters. The molecule has 0 aliphatic carbocycles. The van der Waals surface area contributed by atoms with Crippen LogP contribution in [0.1, 0.15) is 47.6 Å². The average Bonchev–Trinajstić information content (AvgIpc) is 2.61. The summed E-state index contributed by atoms with van der Waals surface area (Å²) in [7, 11) is 0. The first-order valence-electron chi connectivity index (χ1n) is 8.39. The number of carboxylic acids is 1. The summed E-state index contributed by atoms with van der Waals surface area (Å²) in [6, 6.07) is 8.63. The van der Waals surface area contributed by atoms with Crippen LogP contribution in [0.15, 0.2) is 30.3 Å². The highest BCUT2D eigenvalue weighted by molar-refractivity contribution is 5.88. The molecule has 0 saturated carbocycles. The monoisotopic (exact) mass is 339 g/mol. The van der Waals surface area contributed by atoms with E-state index in [1.54, 1.807) is 31.2 Å². The quantitative estimate of drug-likeness (QED) is 0.929. The number of carbonyl (C=O) groups excluding carboxylic acids is 1. The normalized spacial score (nSPS) is 17.4. The molecule has 6 heteroatoms. The van der Waals surface area contributed by atoms with Crippen LogP contribution in [0.5, 0.6) is 0 Å². The molecule has 1 saturated heterocycles. The van der Waals surface area contributed by atoms with Crippen molar-refractivity contribution in [1.29, 1.82) is 0 Å². The van der Waals surface area contributed by atoms with Gasteiger partial charge in [0.2, 0.25) is 5.91 Å². The summed E-state index contributed by atoms with van der Waals surface area (Å²) >= 11 is 0. The van der Waals surface area contributed by atoms with Crippen LogP contribution in [-0.2, 0) is 4.79 Å². The highest BCUT2D eigenvalue weighted by atomic mass is 16.4. The fourth-order valence-corrected chi connectivity index (χ4v) is 3.24. The average molecular weight is 339 g/mol. The van der Waals surface area contributed by atoms with Crippen LogP contribution in [0.2, 0.25) is 0 Å². The summed E-state index contributed by atoms with van der Waals surface area (Å²) < 4.78 is 0. The Morgan fingerprint density at radius 1 is 1.20 bits per heavy atom. The number of rotatable bonds is 3. The molecule has 1 aromatic carbocycles. The molecular weight excluding hydrogens is 318 g/mol. The number of nitrogens with zero attached hydrogens (tertiary/aromatic N) is 3. The Balaban J connectivity index is 1.90. The SMILES string of the molecule is CC(=O)N1CCC[C@@H](c2cc(-c3ccc(C(=O)O)cc3)nc(C)n2)C1. The summed E-state index contributed by atoms with van der Waals surface area (Å²) in [5, 5.41) is 9.02. The van der Waals surface area contributed by atoms with Gasteiger partial charge in [0.05, 0.1) is 11.3 Å². The van der Waals surface area contributed by atoms with Gasteiger partial charge in [-0.15, -0.1) is 0 Å². The van der Waals surface area contributed by atoms with E-state index in [-0.39, 0.29) is 17.4 Å². The van der Waals surface area contributed by atoms with Gasteiger partial charge < -0.3 is 10.0 Å². The van der Waals surface area contributed by atoms with E-state index in [0.29, 0.717) is 12.4 Å². The Kier molecular flexibility index (Phi) is 4.79. The third-order valence-electron chi connectivity index (χ3n) is 4.57. The van der Waals surface area contributed by atoms with E-state index in [4.69, 9.17) is 5.11 Å². The van der Waals surface area contributed by atoms with Gasteiger partial charge >= 0.3 is 5.97 Å². The van der Waals surface area contributed by atoms with Gasteiger partial charge in [-0.2, -0.15) is 0 Å². The van der Waals surface area contributed by atoms with Crippen molar-refractivity contribution < 1.29 is 14.7 Å². The van der Waals surface area contributed by atoms with Crippen molar-refractivity contribution in [3.8, 4) is 11.3 Å². The molecule has 2 heterocycles. The van der Waals surface area contributed by atoms with Crippen LogP contribution in [0, 0.1) is 6.92 Å². The van der Waals surface area contributed by atoms with Gasteiger partial charge in [0, 0.05) is 37.2 Å². The number of hydrogen-bond donors (Lipinski definition) is 1. The van der Waals surface area contributed by atoms with Gasteiger partial charge in [0.25, 0.3) is 0 Å². The maximum atomic E-state index is 11.7. The summed E-state index contributed by atoms with van der Waals surface area (Å²) in [5.74, 6) is 0.0313. The first-order chi connectivity index (χ1) is 11.9. The van der Waals surface area contributed by atoms with E-state index in [1.807, 2.05) is 17.9 Å². The van der Waals surface area contributed by atoms with Gasteiger partial charge in [-0.1, -0.05) is 12.1 Å². The fourth-order valence-electron chi connectivity index (χ4n) is 3.24. The third kappa shape index (κ3) is 3.84. The topological polar surface area (TPSA) is 83.4 Å². The van der Waals surface area contributed by atoms with Crippen molar-refractivity contribution in [3.63, 3.8) is 0 Å². The molecule has 2 aromatic rings. The molecule has 3 rings (SSSR count). The number of likely N-dealkylation sites (tertiary alicyclic amines) is 1. The zero-order chi connectivity index (χ0) is 18.0. The van der Waals surface area contributed by atoms with Gasteiger partial charge in [-0.05, 0) is 38.0 Å². The second kappa shape index (κ2) is 7.01. The van der Waals surface area contributed by atoms with Crippen molar-refractivity contribution >= 4 is 11.9 Å². The maximum Gasteiger partial charge on any atom is 0.335 e. The zero-order valence-corrected chi connectivity index (χ0v) is 14.4. The lowest BCUT2D eigenvalue weighted by Gasteiger charge is -2.32. The Morgan fingerprint density at radius 2 is 1.92 bits per heavy atom. The second-order valence-electron chi connectivity index (χ2n) is 6.41. The minimum absolute atomic E-state index is 0.0972. The second-order valence-corrected chi connectivity index (χ2v) is 6.41. The number of benzene rings is 1. The number of aromatic nitrogens is 2. The van der Waals surface area contributed by atoms with Gasteiger partial charge in [0.1, 0.15) is 5.82 Å². The van der Waals surface area contributed by atoms with Gasteiger partial charge in [-0.3, -0.25) is 4.79 Å². The van der Waals surface area contributed by atoms with Crippen LogP contribution >= 0.6 is 0 Å². The van der Waals surface area contributed by atoms with Crippen molar-refractivity contribution in [3.05, 3.63) is 47.4 Å². The minimum Gasteiger partial charge on any atom is -0.478 e. The molecular formula is C19H21N3O3. The molecule has 0 spiro atoms. The molecule has 1 aliphatic rings. The van der Waals surface area contributed by atoms with E-state index in [1.165, 1.54) is 0 Å². The molecule has 1 aromatic heterocycles. The first kappa shape index (κ1) is 17.1. The number of carboxylic acid groups (broad SMARTS) is 1. The van der Waals surface area contributed by atoms with Crippen molar-refractivity contribution in [1.82, 2.24) is 14.9 Å². The number of amides is 1. The van der Waals surface area contributed by atoms with E-state index >= 15 is 0 Å². The lowest BCUT2D eigenvalue weighted by molar-refractivity contribution is -0.130. The highest BCUT2D eigenvalue weighted by Crippen LogP contribution is 2.28. The molecule has 25 heavy (non-hydrogen) atoms. The maximum absolute atomic E-state index is 11.7. The highest BCUT2D eigenvalue weighted by Gasteiger charge is 2.24. The lowest BCUT2D eigenvalue weighted by atomic mass is 9.93. The molecule has 0 radical (unpaired) electrons. The molecule has 1 amide bonds. The predicted octanol–water partition coefficient (Wildman–Crippen LogP) is 2.88. The lowest BCUT2D eigenvalue weighted by Crippen LogP contribution is -2.37. The van der Waals surface area contributed by atoms with Crippen LogP contribution in [-0.4, -0.2) is 44.9 Å². The van der Waals surface area contributed by atoms with E-state index in [0.717, 1.165) is 36.3 Å². The van der Waals surface area contributed by atoms with Crippen LogP contribution in [0.3, 0.4) is 0 Å². The van der Waals surface area contributed by atoms with Gasteiger partial charge in [-0.25, -0.2) is 14.8 Å². The van der Waals surface area contributed by atoms with E-state index in [9.17, 15) is 9.59 Å². The van der Waals surface area contributed by atoms with E-state index in [2.05, 4.69) is 9.97 Å². The number of aromatic carboxylic acids is 1. The van der Waals surface area contributed by atoms with Crippen LogP contribution < -0.4 is 0 Å². The summed E-state index contributed by atoms with van der Waals surface area (Å²) in [4.78, 5) is 33.6. The number of piperidine rings is 1. The van der Waals surface area contributed by atoms with Gasteiger partial charge in [0.15, 0.2) is 0 Å². The Morgan fingerprint density at radius 3 is 2.56 bits per heavy atom. The fraction of sp³-hybridized carbons (Fsp3) is 0.368. The Labute approximate surface area is 146 Å². The van der Waals surface area contributed by atoms with E-state index < -0.39 is 5.97 Å². The number of aryl methyl sites for hydroxylation is 1. The molecule has 130 valence electrons. The largest absolute Gasteiger partial charge is 0.478 e. The van der Waals surface area contributed by atoms with Crippen molar-refractivity contribution in [2.45, 2.75) is 32.6 Å². The zero-order valence-electron chi connectivity index (χ0n) is 14.4. The summed E-state index contributed by atoms with van der Waals surface area (Å²) in [5.41, 5.74) is 2.82. The van der Waals surface area contributed by atoms with Crippen LogP contribution in [0.25, 0.3) is 11.3 Å². The molecule has 1 atom stereocenters. The predicted molar refractivity (Wildman–Crippen MR) is 93.4 cm³/mol. The minimum atomic E-state index is -0.947. The Hall–Kier alpha value is -2.76. The van der Waals surface area contributed by atoms with Crippen molar-refractivity contribution in [2.75, 3.05) is 13.1 Å². The molecule has 6 nitrogen and oxygen atoms in total. The smallest absolute Gasteiger partial charge is 0.335 e.